The fourth-order valence-corrected chi connectivity index (χ4v) is 3.69. The van der Waals surface area contributed by atoms with E-state index >= 15 is 0 Å². The van der Waals surface area contributed by atoms with E-state index in [0.717, 1.165) is 18.1 Å². The number of aromatic nitrogens is 2. The van der Waals surface area contributed by atoms with Gasteiger partial charge in [-0.3, -0.25) is 9.78 Å². The largest absolute Gasteiger partial charge is 0.338 e. The van der Waals surface area contributed by atoms with E-state index in [1.54, 1.807) is 6.20 Å². The first-order valence-electron chi connectivity index (χ1n) is 7.02. The van der Waals surface area contributed by atoms with Crippen molar-refractivity contribution in [3.05, 3.63) is 45.1 Å². The van der Waals surface area contributed by atoms with Gasteiger partial charge in [0.15, 0.2) is 4.77 Å². The predicted molar refractivity (Wildman–Crippen MR) is 94.5 cm³/mol. The summed E-state index contributed by atoms with van der Waals surface area (Å²) in [6.07, 6.45) is 2.36. The van der Waals surface area contributed by atoms with Gasteiger partial charge < -0.3 is 4.98 Å². The zero-order valence-electron chi connectivity index (χ0n) is 13.4. The maximum atomic E-state index is 11.1. The van der Waals surface area contributed by atoms with Crippen molar-refractivity contribution in [3.8, 4) is 5.75 Å². The molecule has 0 aliphatic carbocycles. The molecule has 0 fully saturated rings. The average Bonchev–Trinajstić information content (AvgIpc) is 2.46. The van der Waals surface area contributed by atoms with Crippen LogP contribution in [0.1, 0.15) is 19.4 Å². The van der Waals surface area contributed by atoms with Crippen LogP contribution in [0.4, 0.5) is 5.69 Å². The van der Waals surface area contributed by atoms with Crippen molar-refractivity contribution in [1.29, 1.82) is 0 Å². The number of hydrogen-bond acceptors (Lipinski definition) is 5. The molecular weight excluding hydrogens is 413 g/mol. The predicted octanol–water partition coefficient (Wildman–Crippen LogP) is -0.0935. The Morgan fingerprint density at radius 1 is 1.36 bits per heavy atom. The fraction of sp³-hybridized carbons (Fsp3) is 0.214. The molecule has 0 aliphatic heterocycles. The topological polar surface area (TPSA) is 156 Å². The molecule has 1 amide bonds. The zero-order chi connectivity index (χ0) is 19.2. The molecular formula is C14H18AsN3O6S. The van der Waals surface area contributed by atoms with Gasteiger partial charge in [-0.05, 0) is 18.6 Å². The minimum absolute atomic E-state index is 0.0602. The van der Waals surface area contributed by atoms with Crippen molar-refractivity contribution < 1.29 is 21.8 Å². The molecule has 0 saturated carbocycles. The third-order valence-electron chi connectivity index (χ3n) is 2.89. The molecule has 11 heteroatoms. The maximum absolute atomic E-state index is 11.1. The number of phenols is 1. The molecule has 0 aliphatic rings. The quantitative estimate of drug-likeness (QED) is 0.293. The van der Waals surface area contributed by atoms with E-state index in [-0.39, 0.29) is 11.2 Å². The summed E-state index contributed by atoms with van der Waals surface area (Å²) in [6.45, 7) is 3.13. The Hall–Kier alpha value is -2.13. The first-order valence-corrected chi connectivity index (χ1v) is 10.8. The number of anilines is 1. The van der Waals surface area contributed by atoms with E-state index in [2.05, 4.69) is 15.3 Å². The SMILES string of the molecule is CC(=O)Nc1cccc(O)c1[As](=O)(O)O.CCc1c[nH]c(=S)[nH]c1=O. The minimum atomic E-state index is -5.25. The molecule has 136 valence electrons. The van der Waals surface area contributed by atoms with Gasteiger partial charge in [0.2, 0.25) is 0 Å². The van der Waals surface area contributed by atoms with E-state index in [1.165, 1.54) is 19.1 Å². The van der Waals surface area contributed by atoms with Gasteiger partial charge in [0.05, 0.1) is 0 Å². The third-order valence-corrected chi connectivity index (χ3v) is 5.32. The van der Waals surface area contributed by atoms with E-state index in [9.17, 15) is 18.4 Å². The van der Waals surface area contributed by atoms with Gasteiger partial charge in [-0.15, -0.1) is 0 Å². The van der Waals surface area contributed by atoms with Gasteiger partial charge >= 0.3 is 88.1 Å². The number of H-pyrrole nitrogens is 2. The molecule has 0 saturated heterocycles. The van der Waals surface area contributed by atoms with Crippen molar-refractivity contribution in [1.82, 2.24) is 9.97 Å². The molecule has 0 atom stereocenters. The normalized spacial score (nSPS) is 10.6. The summed E-state index contributed by atoms with van der Waals surface area (Å²) in [5.41, 5.74) is 0.579. The van der Waals surface area contributed by atoms with Crippen LogP contribution in [0.2, 0.25) is 0 Å². The van der Waals surface area contributed by atoms with Crippen LogP contribution in [-0.2, 0) is 15.0 Å². The number of nitrogens with one attached hydrogen (secondary N) is 3. The average molecular weight is 431 g/mol. The number of rotatable bonds is 3. The van der Waals surface area contributed by atoms with Crippen LogP contribution in [0.3, 0.4) is 0 Å². The number of aromatic amines is 2. The second-order valence-corrected chi connectivity index (χ2v) is 8.48. The van der Waals surface area contributed by atoms with Crippen molar-refractivity contribution in [2.75, 3.05) is 5.32 Å². The van der Waals surface area contributed by atoms with E-state index < -0.39 is 30.2 Å². The Kier molecular flexibility index (Phi) is 7.37. The summed E-state index contributed by atoms with van der Waals surface area (Å²) in [7, 11) is 0. The smallest absolute Gasteiger partial charge is 0.254 e. The van der Waals surface area contributed by atoms with Crippen LogP contribution in [0, 0.1) is 4.77 Å². The summed E-state index contributed by atoms with van der Waals surface area (Å²) in [5, 5.41) is 11.6. The third kappa shape index (κ3) is 6.35. The van der Waals surface area contributed by atoms with E-state index in [0.29, 0.717) is 4.77 Å². The summed E-state index contributed by atoms with van der Waals surface area (Å²) < 4.78 is 29.0. The summed E-state index contributed by atoms with van der Waals surface area (Å²) in [5.74, 6) is -0.987. The molecule has 0 spiro atoms. The van der Waals surface area contributed by atoms with Gasteiger partial charge in [-0.2, -0.15) is 0 Å². The molecule has 6 N–H and O–H groups in total. The number of aryl methyl sites for hydroxylation is 1. The number of benzene rings is 1. The molecule has 0 radical (unpaired) electrons. The van der Waals surface area contributed by atoms with Crippen molar-refractivity contribution in [2.24, 2.45) is 0 Å². The fourth-order valence-electron chi connectivity index (χ4n) is 1.83. The molecule has 2 rings (SSSR count). The summed E-state index contributed by atoms with van der Waals surface area (Å²) in [6, 6.07) is 3.85. The van der Waals surface area contributed by atoms with Crippen LogP contribution in [0.15, 0.2) is 29.2 Å². The van der Waals surface area contributed by atoms with Crippen molar-refractivity contribution in [2.45, 2.75) is 20.3 Å². The monoisotopic (exact) mass is 431 g/mol. The Balaban J connectivity index is 0.000000271. The van der Waals surface area contributed by atoms with E-state index in [4.69, 9.17) is 20.4 Å². The molecule has 1 aromatic carbocycles. The molecule has 0 bridgehead atoms. The van der Waals surface area contributed by atoms with Crippen molar-refractivity contribution in [3.63, 3.8) is 0 Å². The van der Waals surface area contributed by atoms with Crippen LogP contribution >= 0.6 is 12.2 Å². The van der Waals surface area contributed by atoms with Gasteiger partial charge in [0.1, 0.15) is 0 Å². The number of carbonyl (C=O) groups is 1. The Bertz CT molecular complexity index is 917. The first kappa shape index (κ1) is 20.9. The molecule has 2 aromatic rings. The number of carbonyl (C=O) groups excluding carboxylic acids is 1. The molecule has 1 aromatic heterocycles. The number of amides is 1. The van der Waals surface area contributed by atoms with Crippen LogP contribution in [0.5, 0.6) is 5.75 Å². The van der Waals surface area contributed by atoms with Gasteiger partial charge in [0.25, 0.3) is 5.56 Å². The first-order chi connectivity index (χ1) is 11.6. The molecule has 0 unspecified atom stereocenters. The van der Waals surface area contributed by atoms with Crippen molar-refractivity contribution >= 4 is 42.3 Å². The number of aromatic hydroxyl groups is 1. The van der Waals surface area contributed by atoms with Gasteiger partial charge in [-0.1, -0.05) is 6.92 Å². The van der Waals surface area contributed by atoms with Crippen LogP contribution in [0.25, 0.3) is 0 Å². The van der Waals surface area contributed by atoms with Gasteiger partial charge in [0, 0.05) is 11.8 Å². The van der Waals surface area contributed by atoms with Crippen LogP contribution < -0.4 is 15.2 Å². The summed E-state index contributed by atoms with van der Waals surface area (Å²) >= 11 is -0.552. The minimum Gasteiger partial charge on any atom is -0.338 e. The molecule has 25 heavy (non-hydrogen) atoms. The molecule has 9 nitrogen and oxygen atoms in total. The maximum Gasteiger partial charge on any atom is 0.254 e. The number of hydrogen-bond donors (Lipinski definition) is 6. The zero-order valence-corrected chi connectivity index (χ0v) is 16.1. The standard InChI is InChI=1S/C8H10AsNO5.C6H8N2OS/c1-5(11)10-6-3-2-4-7(12)8(6)9(13,14)15;1-2-4-3-7-6(10)8-5(4)9/h2-4,12H,1H3,(H,10,11)(H2,13,14,15);3H,2H2,1H3,(H2,7,8,9,10). The van der Waals surface area contributed by atoms with Gasteiger partial charge in [-0.25, -0.2) is 0 Å². The second-order valence-electron chi connectivity index (χ2n) is 4.85. The van der Waals surface area contributed by atoms with E-state index in [1.807, 2.05) is 6.92 Å². The summed E-state index contributed by atoms with van der Waals surface area (Å²) in [4.78, 5) is 26.9. The molecule has 1 heterocycles. The Morgan fingerprint density at radius 3 is 2.48 bits per heavy atom. The second kappa shape index (κ2) is 8.82. The van der Waals surface area contributed by atoms with Crippen LogP contribution in [-0.4, -0.2) is 43.3 Å². The Morgan fingerprint density at radius 2 is 2.00 bits per heavy atom. The number of phenolic OH excluding ortho intramolecular Hbond substituents is 1. The Labute approximate surface area is 150 Å².